The number of carbonyl (C=O) groups excluding carboxylic acids is 4. The Morgan fingerprint density at radius 3 is 1.30 bits per heavy atom. The van der Waals surface area contributed by atoms with Gasteiger partial charge in [-0.3, -0.25) is 19.2 Å². The van der Waals surface area contributed by atoms with Crippen LogP contribution in [0.3, 0.4) is 0 Å². The van der Waals surface area contributed by atoms with Gasteiger partial charge in [0.25, 0.3) is 0 Å². The predicted octanol–water partition coefficient (Wildman–Crippen LogP) is 2.70. The molecule has 17 heteroatoms. The molecular weight excluding hydrogens is 735 g/mol. The van der Waals surface area contributed by atoms with Gasteiger partial charge in [-0.15, -0.1) is 0 Å². The second kappa shape index (κ2) is 22.4. The largest absolute Gasteiger partial charge is 0.493 e. The lowest BCUT2D eigenvalue weighted by molar-refractivity contribution is -0.146. The number of hydrogen-bond donors (Lipinski definition) is 6. The third-order valence-corrected chi connectivity index (χ3v) is 10.8. The summed E-state index contributed by atoms with van der Waals surface area (Å²) in [6.07, 6.45) is 4.41. The van der Waals surface area contributed by atoms with Crippen molar-refractivity contribution in [3.05, 3.63) is 47.5 Å². The van der Waals surface area contributed by atoms with E-state index in [4.69, 9.17) is 39.7 Å². The molecule has 4 amide bonds. The molecule has 4 rings (SSSR count). The van der Waals surface area contributed by atoms with Gasteiger partial charge >= 0.3 is 7.69 Å². The summed E-state index contributed by atoms with van der Waals surface area (Å²) in [5.74, 6) is 0.566. The average Bonchev–Trinajstić information content (AvgIpc) is 3.95. The van der Waals surface area contributed by atoms with Crippen LogP contribution >= 0.6 is 0 Å². The lowest BCUT2D eigenvalue weighted by Gasteiger charge is -2.31. The van der Waals surface area contributed by atoms with Crippen molar-refractivity contribution in [3.8, 4) is 23.0 Å². The molecule has 16 nitrogen and oxygen atoms in total. The average molecular weight is 796 g/mol. The Morgan fingerprint density at radius 2 is 0.965 bits per heavy atom. The maximum Gasteiger partial charge on any atom is 0.491 e. The quantitative estimate of drug-likeness (QED) is 0.0513. The molecule has 2 aromatic carbocycles. The topological polar surface area (TPSA) is 224 Å². The number of ether oxygens (including phenoxy) is 4. The van der Waals surface area contributed by atoms with Crippen LogP contribution in [0.2, 0.25) is 0 Å². The Morgan fingerprint density at radius 1 is 0.596 bits per heavy atom. The van der Waals surface area contributed by atoms with Gasteiger partial charge in [-0.25, -0.2) is 0 Å². The van der Waals surface area contributed by atoms with E-state index in [1.54, 1.807) is 38.5 Å². The van der Waals surface area contributed by atoms with Gasteiger partial charge in [0.1, 0.15) is 23.3 Å². The molecule has 0 aromatic heterocycles. The van der Waals surface area contributed by atoms with Crippen molar-refractivity contribution in [1.29, 1.82) is 0 Å². The first-order valence-corrected chi connectivity index (χ1v) is 19.7. The molecule has 2 fully saturated rings. The molecule has 2 aromatic rings. The van der Waals surface area contributed by atoms with Gasteiger partial charge < -0.3 is 61.0 Å². The van der Waals surface area contributed by atoms with Crippen LogP contribution in [0.25, 0.3) is 0 Å². The minimum absolute atomic E-state index is 0.194. The van der Waals surface area contributed by atoms with Crippen LogP contribution in [-0.4, -0.2) is 85.3 Å². The standard InChI is InChI=1S/C40H60BN6O10/c1-52-29-15-13-27(23-31(29)54-3)25-44-35(48)39(17-5-6-18-39)37(50)46-33(11-9-21-42)56-41-57-34(12-10-22-43)47-38(51)40(19-7-8-20-40)36(49)45-26-28-14-16-30(53-2)32(24-28)55-4/h13-16,23-24,33-34H,5-12,17-22,25-26,42-43H2,1-4H3,(H,44,48)(H,45,49)(H,46,50)(H,47,51). The van der Waals surface area contributed by atoms with Crippen molar-refractivity contribution in [3.63, 3.8) is 0 Å². The van der Waals surface area contributed by atoms with Gasteiger partial charge in [0, 0.05) is 13.1 Å². The summed E-state index contributed by atoms with van der Waals surface area (Å²) in [5, 5.41) is 11.7. The Hall–Kier alpha value is -4.58. The van der Waals surface area contributed by atoms with E-state index in [9.17, 15) is 19.2 Å². The van der Waals surface area contributed by atoms with E-state index in [0.29, 0.717) is 87.5 Å². The Balaban J connectivity index is 1.37. The summed E-state index contributed by atoms with van der Waals surface area (Å²) < 4.78 is 33.2. The predicted molar refractivity (Wildman–Crippen MR) is 213 cm³/mol. The van der Waals surface area contributed by atoms with Crippen LogP contribution in [0.1, 0.15) is 88.2 Å². The molecule has 2 aliphatic rings. The zero-order chi connectivity index (χ0) is 41.3. The lowest BCUT2D eigenvalue weighted by Crippen LogP contribution is -2.54. The fraction of sp³-hybridized carbons (Fsp3) is 0.600. The molecule has 2 unspecified atom stereocenters. The van der Waals surface area contributed by atoms with Crippen LogP contribution in [0, 0.1) is 10.8 Å². The summed E-state index contributed by atoms with van der Waals surface area (Å²) in [6, 6.07) is 10.7. The number of nitrogens with two attached hydrogens (primary N) is 2. The molecule has 0 saturated heterocycles. The van der Waals surface area contributed by atoms with E-state index in [1.165, 1.54) is 14.2 Å². The number of rotatable bonds is 24. The van der Waals surface area contributed by atoms with Crippen molar-refractivity contribution < 1.29 is 47.4 Å². The molecular formula is C40H60BN6O10. The zero-order valence-electron chi connectivity index (χ0n) is 33.7. The number of amides is 4. The Kier molecular flexibility index (Phi) is 17.7. The molecule has 57 heavy (non-hydrogen) atoms. The molecule has 1 radical (unpaired) electrons. The zero-order valence-corrected chi connectivity index (χ0v) is 33.7. The van der Waals surface area contributed by atoms with Gasteiger partial charge in [-0.05, 0) is 99.8 Å². The molecule has 0 bridgehead atoms. The van der Waals surface area contributed by atoms with Gasteiger partial charge in [-0.1, -0.05) is 37.8 Å². The fourth-order valence-corrected chi connectivity index (χ4v) is 7.45. The van der Waals surface area contributed by atoms with E-state index in [-0.39, 0.29) is 24.9 Å². The van der Waals surface area contributed by atoms with Crippen LogP contribution in [0.15, 0.2) is 36.4 Å². The lowest BCUT2D eigenvalue weighted by atomic mass is 9.83. The third-order valence-electron chi connectivity index (χ3n) is 10.8. The van der Waals surface area contributed by atoms with Gasteiger partial charge in [0.15, 0.2) is 23.0 Å². The Bertz CT molecular complexity index is 1520. The second-order valence-electron chi connectivity index (χ2n) is 14.5. The van der Waals surface area contributed by atoms with Gasteiger partial charge in [0.2, 0.25) is 23.6 Å². The maximum atomic E-state index is 13.9. The highest BCUT2D eigenvalue weighted by Gasteiger charge is 2.49. The van der Waals surface area contributed by atoms with E-state index >= 15 is 0 Å². The number of carbonyl (C=O) groups is 4. The molecule has 0 aliphatic heterocycles. The molecule has 313 valence electrons. The normalized spacial score (nSPS) is 16.5. The highest BCUT2D eigenvalue weighted by atomic mass is 16.6. The van der Waals surface area contributed by atoms with E-state index in [1.807, 2.05) is 12.1 Å². The molecule has 8 N–H and O–H groups in total. The molecule has 2 atom stereocenters. The van der Waals surface area contributed by atoms with Crippen molar-refractivity contribution >= 4 is 31.3 Å². The highest BCUT2D eigenvalue weighted by molar-refractivity contribution is 6.18. The minimum atomic E-state index is -1.28. The van der Waals surface area contributed by atoms with Gasteiger partial charge in [-0.2, -0.15) is 0 Å². The smallest absolute Gasteiger partial charge is 0.491 e. The summed E-state index contributed by atoms with van der Waals surface area (Å²) >= 11 is 0. The molecule has 0 heterocycles. The number of benzene rings is 2. The highest BCUT2D eigenvalue weighted by Crippen LogP contribution is 2.40. The summed E-state index contributed by atoms with van der Waals surface area (Å²) in [6.45, 7) is 1.08. The maximum absolute atomic E-state index is 13.9. The van der Waals surface area contributed by atoms with Crippen LogP contribution in [0.4, 0.5) is 0 Å². The first-order chi connectivity index (χ1) is 27.6. The minimum Gasteiger partial charge on any atom is -0.493 e. The van der Waals surface area contributed by atoms with Crippen molar-refractivity contribution in [2.75, 3.05) is 41.5 Å². The SMILES string of the molecule is COc1ccc(CNC(=O)C2(C(=O)NC(CCCN)O[B]OC(CCCN)NC(=O)C3(C(=O)NCc4ccc(OC)c(OC)c4)CCCC3)CCCC2)cc1OC. The third kappa shape index (κ3) is 11.7. The van der Waals surface area contributed by atoms with E-state index in [0.717, 1.165) is 44.5 Å². The van der Waals surface area contributed by atoms with Crippen LogP contribution in [-0.2, 0) is 41.6 Å². The van der Waals surface area contributed by atoms with Gasteiger partial charge in [0.05, 0.1) is 28.4 Å². The molecule has 2 aliphatic carbocycles. The van der Waals surface area contributed by atoms with Crippen molar-refractivity contribution in [1.82, 2.24) is 21.3 Å². The summed E-state index contributed by atoms with van der Waals surface area (Å²) in [5.41, 5.74) is 10.6. The van der Waals surface area contributed by atoms with Crippen molar-refractivity contribution in [2.45, 2.75) is 103 Å². The monoisotopic (exact) mass is 795 g/mol. The van der Waals surface area contributed by atoms with Crippen LogP contribution in [0.5, 0.6) is 23.0 Å². The number of methoxy groups -OCH3 is 4. The number of hydrogen-bond acceptors (Lipinski definition) is 12. The second-order valence-corrected chi connectivity index (χ2v) is 14.5. The summed E-state index contributed by atoms with van der Waals surface area (Å²) in [7, 11) is 7.26. The Labute approximate surface area is 336 Å². The van der Waals surface area contributed by atoms with E-state index in [2.05, 4.69) is 21.3 Å². The first kappa shape index (κ1) is 45.1. The fourth-order valence-electron chi connectivity index (χ4n) is 7.45. The molecule has 2 saturated carbocycles. The summed E-state index contributed by atoms with van der Waals surface area (Å²) in [4.78, 5) is 55.2. The first-order valence-electron chi connectivity index (χ1n) is 19.7. The number of nitrogens with one attached hydrogen (secondary N) is 4. The van der Waals surface area contributed by atoms with Crippen LogP contribution < -0.4 is 51.7 Å². The van der Waals surface area contributed by atoms with Crippen molar-refractivity contribution in [2.24, 2.45) is 22.3 Å². The molecule has 0 spiro atoms. The van der Waals surface area contributed by atoms with E-state index < -0.39 is 35.1 Å².